The Hall–Kier alpha value is -2.16. The van der Waals surface area contributed by atoms with Crippen molar-refractivity contribution in [3.63, 3.8) is 0 Å². The third-order valence-corrected chi connectivity index (χ3v) is 6.60. The van der Waals surface area contributed by atoms with E-state index < -0.39 is 10.0 Å². The number of ether oxygens (including phenoxy) is 1. The molecule has 2 heterocycles. The minimum atomic E-state index is -3.47. The van der Waals surface area contributed by atoms with Crippen LogP contribution in [0, 0.1) is 0 Å². The minimum Gasteiger partial charge on any atom is -0.497 e. The molecule has 1 N–H and O–H groups in total. The highest BCUT2D eigenvalue weighted by Gasteiger charge is 2.27. The minimum absolute atomic E-state index is 0.243. The Balaban J connectivity index is 1.55. The molecule has 146 valence electrons. The first-order valence-electron chi connectivity index (χ1n) is 9.00. The molecule has 3 rings (SSSR count). The number of pyridine rings is 1. The van der Waals surface area contributed by atoms with Crippen LogP contribution in [0.5, 0.6) is 5.75 Å². The summed E-state index contributed by atoms with van der Waals surface area (Å²) >= 11 is 0. The lowest BCUT2D eigenvalue weighted by molar-refractivity contribution is 0.222. The second-order valence-corrected chi connectivity index (χ2v) is 8.55. The normalized spacial score (nSPS) is 16.2. The van der Waals surface area contributed by atoms with E-state index in [1.165, 1.54) is 16.1 Å². The van der Waals surface area contributed by atoms with E-state index >= 15 is 0 Å². The third kappa shape index (κ3) is 4.97. The number of benzene rings is 1. The summed E-state index contributed by atoms with van der Waals surface area (Å²) in [6, 6.07) is 11.3. The molecule has 0 amide bonds. The van der Waals surface area contributed by atoms with Crippen LogP contribution >= 0.6 is 0 Å². The Morgan fingerprint density at radius 2 is 1.78 bits per heavy atom. The van der Waals surface area contributed by atoms with E-state index in [1.807, 2.05) is 31.3 Å². The van der Waals surface area contributed by atoms with Crippen molar-refractivity contribution in [1.82, 2.24) is 14.2 Å². The van der Waals surface area contributed by atoms with E-state index in [0.29, 0.717) is 25.5 Å². The summed E-state index contributed by atoms with van der Waals surface area (Å²) in [5.41, 5.74) is 1.19. The summed E-state index contributed by atoms with van der Waals surface area (Å²) in [5.74, 6) is 1.51. The maximum atomic E-state index is 12.7. The molecular weight excluding hydrogens is 364 g/mol. The molecule has 0 saturated carbocycles. The number of nitrogens with one attached hydrogen (secondary N) is 1. The van der Waals surface area contributed by atoms with Gasteiger partial charge < -0.3 is 15.0 Å². The molecule has 27 heavy (non-hydrogen) atoms. The first-order chi connectivity index (χ1) is 13.0. The van der Waals surface area contributed by atoms with Crippen LogP contribution in [0.2, 0.25) is 0 Å². The van der Waals surface area contributed by atoms with Crippen LogP contribution in [-0.2, 0) is 16.4 Å². The number of piperazine rings is 1. The second-order valence-electron chi connectivity index (χ2n) is 6.61. The van der Waals surface area contributed by atoms with Crippen LogP contribution < -0.4 is 10.1 Å². The van der Waals surface area contributed by atoms with E-state index in [4.69, 9.17) is 4.74 Å². The summed E-state index contributed by atoms with van der Waals surface area (Å²) in [4.78, 5) is 6.63. The fraction of sp³-hybridized carbons (Fsp3) is 0.421. The predicted octanol–water partition coefficient (Wildman–Crippen LogP) is 1.68. The maximum absolute atomic E-state index is 12.7. The molecule has 0 bridgehead atoms. The van der Waals surface area contributed by atoms with Gasteiger partial charge in [-0.2, -0.15) is 4.31 Å². The van der Waals surface area contributed by atoms with Crippen LogP contribution in [0.3, 0.4) is 0 Å². The van der Waals surface area contributed by atoms with Gasteiger partial charge in [0, 0.05) is 38.9 Å². The van der Waals surface area contributed by atoms with Gasteiger partial charge in [-0.1, -0.05) is 12.1 Å². The number of likely N-dealkylation sites (N-methyl/N-ethyl adjacent to an activating group) is 1. The van der Waals surface area contributed by atoms with Crippen molar-refractivity contribution in [1.29, 1.82) is 0 Å². The van der Waals surface area contributed by atoms with Crippen molar-refractivity contribution >= 4 is 15.8 Å². The SMILES string of the molecule is COc1ccc(CCNc2ccc(S(=O)(=O)N3CCN(C)CC3)cn2)cc1. The Kier molecular flexibility index (Phi) is 6.30. The van der Waals surface area contributed by atoms with E-state index in [-0.39, 0.29) is 4.90 Å². The van der Waals surface area contributed by atoms with Crippen molar-refractivity contribution in [3.8, 4) is 5.75 Å². The fourth-order valence-corrected chi connectivity index (χ4v) is 4.31. The van der Waals surface area contributed by atoms with E-state index in [0.717, 1.165) is 25.3 Å². The van der Waals surface area contributed by atoms with Gasteiger partial charge >= 0.3 is 0 Å². The number of hydrogen-bond acceptors (Lipinski definition) is 6. The highest BCUT2D eigenvalue weighted by molar-refractivity contribution is 7.89. The van der Waals surface area contributed by atoms with Crippen molar-refractivity contribution in [2.75, 3.05) is 52.2 Å². The maximum Gasteiger partial charge on any atom is 0.244 e. The molecule has 1 aliphatic rings. The average Bonchev–Trinajstić information content (AvgIpc) is 2.69. The Labute approximate surface area is 161 Å². The van der Waals surface area contributed by atoms with Crippen molar-refractivity contribution < 1.29 is 13.2 Å². The smallest absolute Gasteiger partial charge is 0.244 e. The summed E-state index contributed by atoms with van der Waals surface area (Å²) in [5, 5.41) is 3.23. The van der Waals surface area contributed by atoms with E-state index in [2.05, 4.69) is 15.2 Å². The molecule has 1 aromatic carbocycles. The molecule has 2 aromatic rings. The lowest BCUT2D eigenvalue weighted by Gasteiger charge is -2.31. The standard InChI is InChI=1S/C19H26N4O3S/c1-22-11-13-23(14-12-22)27(24,25)18-7-8-19(21-15-18)20-10-9-16-3-5-17(26-2)6-4-16/h3-8,15H,9-14H2,1-2H3,(H,20,21). The molecule has 1 aliphatic heterocycles. The zero-order chi connectivity index (χ0) is 19.3. The first-order valence-corrected chi connectivity index (χ1v) is 10.4. The molecule has 0 atom stereocenters. The lowest BCUT2D eigenvalue weighted by atomic mass is 10.1. The number of nitrogens with zero attached hydrogens (tertiary/aromatic N) is 3. The van der Waals surface area contributed by atoms with Gasteiger partial charge in [0.1, 0.15) is 16.5 Å². The predicted molar refractivity (Wildman–Crippen MR) is 106 cm³/mol. The van der Waals surface area contributed by atoms with Crippen molar-refractivity contribution in [2.45, 2.75) is 11.3 Å². The highest BCUT2D eigenvalue weighted by Crippen LogP contribution is 2.18. The second kappa shape index (κ2) is 8.69. The Morgan fingerprint density at radius 1 is 1.07 bits per heavy atom. The highest BCUT2D eigenvalue weighted by atomic mass is 32.2. The molecule has 0 radical (unpaired) electrons. The number of sulfonamides is 1. The van der Waals surface area contributed by atoms with Crippen LogP contribution in [0.15, 0.2) is 47.5 Å². The fourth-order valence-electron chi connectivity index (χ4n) is 2.94. The molecule has 1 saturated heterocycles. The lowest BCUT2D eigenvalue weighted by Crippen LogP contribution is -2.47. The first kappa shape index (κ1) is 19.6. The number of anilines is 1. The van der Waals surface area contributed by atoms with Crippen LogP contribution in [0.1, 0.15) is 5.56 Å². The van der Waals surface area contributed by atoms with Crippen LogP contribution in [0.4, 0.5) is 5.82 Å². The van der Waals surface area contributed by atoms with Crippen molar-refractivity contribution in [3.05, 3.63) is 48.2 Å². The Bertz CT molecular complexity index is 830. The number of aromatic nitrogens is 1. The van der Waals surface area contributed by atoms with Gasteiger partial charge in [0.25, 0.3) is 0 Å². The number of methoxy groups -OCH3 is 1. The third-order valence-electron chi connectivity index (χ3n) is 4.72. The van der Waals surface area contributed by atoms with Crippen LogP contribution in [0.25, 0.3) is 0 Å². The van der Waals surface area contributed by atoms with Gasteiger partial charge in [0.2, 0.25) is 10.0 Å². The molecule has 7 nitrogen and oxygen atoms in total. The largest absolute Gasteiger partial charge is 0.497 e. The van der Waals surface area contributed by atoms with Gasteiger partial charge in [0.05, 0.1) is 7.11 Å². The Morgan fingerprint density at radius 3 is 2.37 bits per heavy atom. The van der Waals surface area contributed by atoms with E-state index in [9.17, 15) is 8.42 Å². The molecule has 8 heteroatoms. The summed E-state index contributed by atoms with van der Waals surface area (Å²) in [7, 11) is 0.179. The van der Waals surface area contributed by atoms with E-state index in [1.54, 1.807) is 19.2 Å². The summed E-state index contributed by atoms with van der Waals surface area (Å²) in [6.07, 6.45) is 2.27. The van der Waals surface area contributed by atoms with Crippen LogP contribution in [-0.4, -0.2) is 69.5 Å². The summed E-state index contributed by atoms with van der Waals surface area (Å²) in [6.45, 7) is 3.24. The van der Waals surface area contributed by atoms with Crippen molar-refractivity contribution in [2.24, 2.45) is 0 Å². The molecule has 1 fully saturated rings. The zero-order valence-corrected chi connectivity index (χ0v) is 16.6. The molecule has 0 spiro atoms. The topological polar surface area (TPSA) is 74.8 Å². The molecule has 0 aliphatic carbocycles. The van der Waals surface area contributed by atoms with Gasteiger partial charge in [-0.15, -0.1) is 0 Å². The zero-order valence-electron chi connectivity index (χ0n) is 15.8. The molecular formula is C19H26N4O3S. The quantitative estimate of drug-likeness (QED) is 0.775. The molecule has 0 unspecified atom stereocenters. The monoisotopic (exact) mass is 390 g/mol. The van der Waals surface area contributed by atoms with Gasteiger partial charge in [-0.05, 0) is 43.3 Å². The van der Waals surface area contributed by atoms with Gasteiger partial charge in [-0.3, -0.25) is 0 Å². The number of rotatable bonds is 7. The molecule has 1 aromatic heterocycles. The van der Waals surface area contributed by atoms with Gasteiger partial charge in [-0.25, -0.2) is 13.4 Å². The summed E-state index contributed by atoms with van der Waals surface area (Å²) < 4.78 is 32.1. The average molecular weight is 391 g/mol. The number of hydrogen-bond donors (Lipinski definition) is 1. The van der Waals surface area contributed by atoms with Gasteiger partial charge in [0.15, 0.2) is 0 Å².